The molecule has 0 heterocycles. The van der Waals surface area contributed by atoms with Gasteiger partial charge in [-0.2, -0.15) is 0 Å². The fraction of sp³-hybridized carbons (Fsp3) is 0.917. The van der Waals surface area contributed by atoms with Crippen LogP contribution in [-0.2, 0) is 4.79 Å². The van der Waals surface area contributed by atoms with Crippen LogP contribution in [0.4, 0.5) is 0 Å². The van der Waals surface area contributed by atoms with E-state index in [0.717, 1.165) is 19.3 Å². The Hall–Kier alpha value is -0.610. The normalized spacial score (nSPS) is 30.1. The van der Waals surface area contributed by atoms with E-state index in [1.165, 1.54) is 0 Å². The Morgan fingerprint density at radius 3 is 2.75 bits per heavy atom. The Morgan fingerprint density at radius 1 is 1.50 bits per heavy atom. The Bertz CT molecular complexity index is 233. The lowest BCUT2D eigenvalue weighted by Gasteiger charge is -2.34. The van der Waals surface area contributed by atoms with Crippen molar-refractivity contribution in [3.63, 3.8) is 0 Å². The molecule has 94 valence electrons. The van der Waals surface area contributed by atoms with Gasteiger partial charge in [-0.05, 0) is 32.1 Å². The van der Waals surface area contributed by atoms with Gasteiger partial charge in [-0.25, -0.2) is 0 Å². The van der Waals surface area contributed by atoms with Crippen LogP contribution >= 0.6 is 0 Å². The van der Waals surface area contributed by atoms with E-state index >= 15 is 0 Å². The third-order valence-electron chi connectivity index (χ3n) is 3.55. The molecular weight excluding hydrogens is 204 g/mol. The van der Waals surface area contributed by atoms with Crippen LogP contribution in [0.2, 0.25) is 0 Å². The molecule has 0 bridgehead atoms. The van der Waals surface area contributed by atoms with Gasteiger partial charge >= 0.3 is 0 Å². The summed E-state index contributed by atoms with van der Waals surface area (Å²) in [5.74, 6) is 0.660. The van der Waals surface area contributed by atoms with Crippen molar-refractivity contribution in [2.24, 2.45) is 17.6 Å². The van der Waals surface area contributed by atoms with Crippen LogP contribution in [0.25, 0.3) is 0 Å². The molecule has 4 heteroatoms. The molecule has 0 saturated heterocycles. The molecule has 1 fully saturated rings. The number of likely N-dealkylation sites (N-methyl/N-ethyl adjacent to an activating group) is 1. The Morgan fingerprint density at radius 2 is 2.19 bits per heavy atom. The molecule has 3 unspecified atom stereocenters. The van der Waals surface area contributed by atoms with Gasteiger partial charge in [0.1, 0.15) is 0 Å². The predicted octanol–water partition coefficient (Wildman–Crippen LogP) is 0.591. The van der Waals surface area contributed by atoms with E-state index in [1.807, 2.05) is 6.92 Å². The molecule has 4 nitrogen and oxygen atoms in total. The van der Waals surface area contributed by atoms with Crippen LogP contribution in [0, 0.1) is 11.8 Å². The first-order chi connectivity index (χ1) is 7.60. The number of carbonyl (C=O) groups is 1. The highest BCUT2D eigenvalue weighted by Gasteiger charge is 2.33. The predicted molar refractivity (Wildman–Crippen MR) is 63.8 cm³/mol. The van der Waals surface area contributed by atoms with Gasteiger partial charge in [-0.15, -0.1) is 0 Å². The first-order valence-electron chi connectivity index (χ1n) is 6.25. The second kappa shape index (κ2) is 6.21. The van der Waals surface area contributed by atoms with E-state index in [9.17, 15) is 4.79 Å². The minimum Gasteiger partial charge on any atom is -0.395 e. The minimum atomic E-state index is -0.0461. The quantitative estimate of drug-likeness (QED) is 0.740. The van der Waals surface area contributed by atoms with E-state index in [2.05, 4.69) is 6.92 Å². The molecule has 1 amide bonds. The molecule has 1 saturated carbocycles. The first kappa shape index (κ1) is 13.5. The maximum Gasteiger partial charge on any atom is 0.227 e. The summed E-state index contributed by atoms with van der Waals surface area (Å²) in [6, 6.07) is -0.00329. The molecular formula is C12H24N2O2. The van der Waals surface area contributed by atoms with E-state index < -0.39 is 0 Å². The molecule has 1 aliphatic rings. The molecule has 0 aromatic rings. The van der Waals surface area contributed by atoms with Crippen molar-refractivity contribution in [1.29, 1.82) is 0 Å². The van der Waals surface area contributed by atoms with Crippen molar-refractivity contribution >= 4 is 5.91 Å². The second-order valence-corrected chi connectivity index (χ2v) is 4.83. The van der Waals surface area contributed by atoms with Gasteiger partial charge in [0.25, 0.3) is 0 Å². The topological polar surface area (TPSA) is 66.6 Å². The van der Waals surface area contributed by atoms with Crippen LogP contribution < -0.4 is 5.73 Å². The monoisotopic (exact) mass is 228 g/mol. The van der Waals surface area contributed by atoms with Crippen molar-refractivity contribution in [2.75, 3.05) is 19.7 Å². The largest absolute Gasteiger partial charge is 0.395 e. The molecule has 0 aromatic carbocycles. The highest BCUT2D eigenvalue weighted by Crippen LogP contribution is 2.29. The second-order valence-electron chi connectivity index (χ2n) is 4.83. The van der Waals surface area contributed by atoms with E-state index in [0.29, 0.717) is 19.0 Å². The number of carbonyl (C=O) groups excluding carboxylic acids is 1. The van der Waals surface area contributed by atoms with Gasteiger partial charge in [0, 0.05) is 19.1 Å². The average molecular weight is 228 g/mol. The van der Waals surface area contributed by atoms with Gasteiger partial charge in [-0.1, -0.05) is 6.92 Å². The van der Waals surface area contributed by atoms with Crippen molar-refractivity contribution in [2.45, 2.75) is 39.2 Å². The summed E-state index contributed by atoms with van der Waals surface area (Å²) in [5, 5.41) is 8.91. The van der Waals surface area contributed by atoms with Gasteiger partial charge < -0.3 is 15.7 Å². The van der Waals surface area contributed by atoms with E-state index in [-0.39, 0.29) is 24.5 Å². The minimum absolute atomic E-state index is 0.00329. The van der Waals surface area contributed by atoms with Crippen molar-refractivity contribution in [1.82, 2.24) is 4.90 Å². The molecule has 1 rings (SSSR count). The smallest absolute Gasteiger partial charge is 0.227 e. The fourth-order valence-corrected chi connectivity index (χ4v) is 2.47. The van der Waals surface area contributed by atoms with Gasteiger partial charge in [0.05, 0.1) is 12.5 Å². The number of amides is 1. The van der Waals surface area contributed by atoms with Gasteiger partial charge in [0.2, 0.25) is 5.91 Å². The molecule has 3 N–H and O–H groups in total. The van der Waals surface area contributed by atoms with Crippen LogP contribution in [0.5, 0.6) is 0 Å². The summed E-state index contributed by atoms with van der Waals surface area (Å²) in [6.07, 6.45) is 2.95. The first-order valence-corrected chi connectivity index (χ1v) is 6.25. The van der Waals surface area contributed by atoms with Crippen LogP contribution in [-0.4, -0.2) is 41.7 Å². The zero-order valence-corrected chi connectivity index (χ0v) is 10.4. The standard InChI is InChI=1S/C12H24N2O2/c1-3-14(6-7-15)12(16)10-8-9(2)4-5-11(10)13/h9-11,15H,3-8,13H2,1-2H3. The average Bonchev–Trinajstić information content (AvgIpc) is 2.28. The molecule has 16 heavy (non-hydrogen) atoms. The molecule has 0 spiro atoms. The summed E-state index contributed by atoms with van der Waals surface area (Å²) in [6.45, 7) is 5.21. The Labute approximate surface area is 97.8 Å². The highest BCUT2D eigenvalue weighted by molar-refractivity contribution is 5.79. The summed E-state index contributed by atoms with van der Waals surface area (Å²) in [5.41, 5.74) is 6.02. The van der Waals surface area contributed by atoms with Gasteiger partial charge in [-0.3, -0.25) is 4.79 Å². The van der Waals surface area contributed by atoms with Crippen LogP contribution in [0.3, 0.4) is 0 Å². The highest BCUT2D eigenvalue weighted by atomic mass is 16.3. The lowest BCUT2D eigenvalue weighted by molar-refractivity contribution is -0.138. The summed E-state index contributed by atoms with van der Waals surface area (Å²) >= 11 is 0. The zero-order chi connectivity index (χ0) is 12.1. The van der Waals surface area contributed by atoms with Crippen molar-refractivity contribution in [3.05, 3.63) is 0 Å². The summed E-state index contributed by atoms with van der Waals surface area (Å²) in [7, 11) is 0. The summed E-state index contributed by atoms with van der Waals surface area (Å²) < 4.78 is 0. The van der Waals surface area contributed by atoms with E-state index in [1.54, 1.807) is 4.90 Å². The number of nitrogens with two attached hydrogens (primary N) is 1. The lowest BCUT2D eigenvalue weighted by Crippen LogP contribution is -2.47. The van der Waals surface area contributed by atoms with Crippen LogP contribution in [0.15, 0.2) is 0 Å². The number of rotatable bonds is 4. The van der Waals surface area contributed by atoms with Crippen LogP contribution in [0.1, 0.15) is 33.1 Å². The molecule has 0 aromatic heterocycles. The van der Waals surface area contributed by atoms with Crippen molar-refractivity contribution < 1.29 is 9.90 Å². The number of hydrogen-bond acceptors (Lipinski definition) is 3. The van der Waals surface area contributed by atoms with E-state index in [4.69, 9.17) is 10.8 Å². The third kappa shape index (κ3) is 3.19. The maximum absolute atomic E-state index is 12.2. The number of nitrogens with zero attached hydrogens (tertiary/aromatic N) is 1. The third-order valence-corrected chi connectivity index (χ3v) is 3.55. The SMILES string of the molecule is CCN(CCO)C(=O)C1CC(C)CCC1N. The number of aliphatic hydroxyl groups excluding tert-OH is 1. The number of hydrogen-bond donors (Lipinski definition) is 2. The molecule has 3 atom stereocenters. The number of aliphatic hydroxyl groups is 1. The zero-order valence-electron chi connectivity index (χ0n) is 10.4. The molecule has 0 aliphatic heterocycles. The summed E-state index contributed by atoms with van der Waals surface area (Å²) in [4.78, 5) is 13.9. The lowest BCUT2D eigenvalue weighted by atomic mass is 9.78. The molecule has 0 radical (unpaired) electrons. The Kier molecular flexibility index (Phi) is 5.22. The molecule has 1 aliphatic carbocycles. The van der Waals surface area contributed by atoms with Crippen molar-refractivity contribution in [3.8, 4) is 0 Å². The Balaban J connectivity index is 2.62. The maximum atomic E-state index is 12.2. The fourth-order valence-electron chi connectivity index (χ4n) is 2.47. The van der Waals surface area contributed by atoms with Gasteiger partial charge in [0.15, 0.2) is 0 Å².